The standard InChI is InChI=1S/C36H43N7O3/c1-40-26-30(24-39-40)12-13-34(44)42-20-15-36(16-21-42)14-7-19-41(33-25-37-17-18-38-33)22-23-43(27-29-8-3-2-4-9-29)35(45)31-10-5-6-11-32(31)46-28-36/h2-6,8-11,17-18,24-26H,7,12-16,19-23,27-28H2,1H3. The van der Waals surface area contributed by atoms with Crippen LogP contribution in [0.15, 0.2) is 85.6 Å². The van der Waals surface area contributed by atoms with Gasteiger partial charge in [-0.2, -0.15) is 5.10 Å². The van der Waals surface area contributed by atoms with Gasteiger partial charge in [0.15, 0.2) is 0 Å². The number of nitrogens with zero attached hydrogens (tertiary/aromatic N) is 7. The third kappa shape index (κ3) is 7.73. The first-order chi connectivity index (χ1) is 22.5. The summed E-state index contributed by atoms with van der Waals surface area (Å²) in [6.07, 6.45) is 13.8. The van der Waals surface area contributed by atoms with E-state index in [9.17, 15) is 9.59 Å². The molecule has 4 aromatic rings. The summed E-state index contributed by atoms with van der Waals surface area (Å²) in [5.41, 5.74) is 2.62. The highest BCUT2D eigenvalue weighted by molar-refractivity contribution is 5.97. The maximum absolute atomic E-state index is 14.2. The van der Waals surface area contributed by atoms with Crippen LogP contribution >= 0.6 is 0 Å². The molecule has 1 spiro atoms. The molecule has 2 aliphatic rings. The molecule has 2 amide bonds. The molecule has 0 saturated carbocycles. The van der Waals surface area contributed by atoms with Gasteiger partial charge in [0.05, 0.1) is 24.6 Å². The maximum Gasteiger partial charge on any atom is 0.257 e. The third-order valence-electron chi connectivity index (χ3n) is 9.37. The van der Waals surface area contributed by atoms with Crippen LogP contribution in [0.5, 0.6) is 5.75 Å². The summed E-state index contributed by atoms with van der Waals surface area (Å²) in [4.78, 5) is 42.5. The highest BCUT2D eigenvalue weighted by Gasteiger charge is 2.37. The third-order valence-corrected chi connectivity index (χ3v) is 9.37. The largest absolute Gasteiger partial charge is 0.492 e. The number of hydrogen-bond acceptors (Lipinski definition) is 7. The fourth-order valence-corrected chi connectivity index (χ4v) is 6.62. The molecule has 6 rings (SSSR count). The molecular formula is C36H43N7O3. The lowest BCUT2D eigenvalue weighted by Gasteiger charge is -2.42. The van der Waals surface area contributed by atoms with Gasteiger partial charge in [-0.1, -0.05) is 42.5 Å². The van der Waals surface area contributed by atoms with Crippen molar-refractivity contribution in [1.29, 1.82) is 0 Å². The lowest BCUT2D eigenvalue weighted by molar-refractivity contribution is -0.134. The Morgan fingerprint density at radius 1 is 0.891 bits per heavy atom. The number of carbonyl (C=O) groups is 2. The Kier molecular flexibility index (Phi) is 9.91. The molecule has 0 unspecified atom stereocenters. The molecule has 2 aliphatic heterocycles. The molecule has 46 heavy (non-hydrogen) atoms. The van der Waals surface area contributed by atoms with Gasteiger partial charge < -0.3 is 19.4 Å². The van der Waals surface area contributed by atoms with Gasteiger partial charge in [0.25, 0.3) is 5.91 Å². The van der Waals surface area contributed by atoms with Gasteiger partial charge in [0, 0.05) is 76.7 Å². The molecule has 10 heteroatoms. The zero-order chi connectivity index (χ0) is 31.8. The van der Waals surface area contributed by atoms with Crippen molar-refractivity contribution in [3.8, 4) is 5.75 Å². The van der Waals surface area contributed by atoms with Crippen LogP contribution in [0.4, 0.5) is 5.82 Å². The number of aryl methyl sites for hydroxylation is 2. The average Bonchev–Trinajstić information content (AvgIpc) is 3.52. The van der Waals surface area contributed by atoms with E-state index in [-0.39, 0.29) is 17.2 Å². The number of para-hydroxylation sites is 1. The van der Waals surface area contributed by atoms with Crippen molar-refractivity contribution in [3.05, 3.63) is 102 Å². The summed E-state index contributed by atoms with van der Waals surface area (Å²) in [7, 11) is 1.89. The number of fused-ring (bicyclic) bond motifs is 1. The number of piperidine rings is 1. The molecule has 0 bridgehead atoms. The number of hydrogen-bond donors (Lipinski definition) is 0. The first-order valence-corrected chi connectivity index (χ1v) is 16.3. The van der Waals surface area contributed by atoms with Crippen molar-refractivity contribution < 1.29 is 14.3 Å². The average molecular weight is 622 g/mol. The molecular weight excluding hydrogens is 578 g/mol. The zero-order valence-corrected chi connectivity index (χ0v) is 26.6. The number of ether oxygens (including phenoxy) is 1. The second kappa shape index (κ2) is 14.6. The Morgan fingerprint density at radius 3 is 2.46 bits per heavy atom. The predicted molar refractivity (Wildman–Crippen MR) is 176 cm³/mol. The molecule has 4 heterocycles. The molecule has 0 aliphatic carbocycles. The van der Waals surface area contributed by atoms with Gasteiger partial charge >= 0.3 is 0 Å². The predicted octanol–water partition coefficient (Wildman–Crippen LogP) is 4.77. The van der Waals surface area contributed by atoms with Crippen LogP contribution in [0, 0.1) is 5.41 Å². The molecule has 0 atom stereocenters. The Bertz CT molecular complexity index is 1590. The number of amides is 2. The van der Waals surface area contributed by atoms with E-state index in [2.05, 4.69) is 32.1 Å². The van der Waals surface area contributed by atoms with E-state index in [4.69, 9.17) is 4.74 Å². The Balaban J connectivity index is 1.22. The van der Waals surface area contributed by atoms with Crippen LogP contribution in [0.2, 0.25) is 0 Å². The van der Waals surface area contributed by atoms with Gasteiger partial charge in [-0.25, -0.2) is 4.98 Å². The summed E-state index contributed by atoms with van der Waals surface area (Å²) >= 11 is 0. The maximum atomic E-state index is 14.2. The zero-order valence-electron chi connectivity index (χ0n) is 26.6. The summed E-state index contributed by atoms with van der Waals surface area (Å²) in [5, 5.41) is 4.22. The molecule has 10 nitrogen and oxygen atoms in total. The van der Waals surface area contributed by atoms with Crippen LogP contribution in [0.25, 0.3) is 0 Å². The molecule has 0 radical (unpaired) electrons. The number of benzene rings is 2. The van der Waals surface area contributed by atoms with E-state index in [1.165, 1.54) is 0 Å². The monoisotopic (exact) mass is 621 g/mol. The number of carbonyl (C=O) groups excluding carboxylic acids is 2. The van der Waals surface area contributed by atoms with E-state index in [0.29, 0.717) is 63.5 Å². The number of anilines is 1. The van der Waals surface area contributed by atoms with Gasteiger partial charge in [-0.15, -0.1) is 0 Å². The van der Waals surface area contributed by atoms with Crippen LogP contribution in [0.1, 0.15) is 53.6 Å². The second-order valence-electron chi connectivity index (χ2n) is 12.6. The SMILES string of the molecule is Cn1cc(CCC(=O)N2CCC3(CCCN(c4cnccn4)CCN(Cc4ccccc4)C(=O)c4ccccc4OC3)CC2)cn1. The molecule has 2 aromatic carbocycles. The normalized spacial score (nSPS) is 17.4. The van der Waals surface area contributed by atoms with Crippen molar-refractivity contribution in [3.63, 3.8) is 0 Å². The minimum Gasteiger partial charge on any atom is -0.492 e. The lowest BCUT2D eigenvalue weighted by Crippen LogP contribution is -2.46. The fourth-order valence-electron chi connectivity index (χ4n) is 6.62. The van der Waals surface area contributed by atoms with E-state index in [1.807, 2.05) is 71.7 Å². The molecule has 240 valence electrons. The lowest BCUT2D eigenvalue weighted by atomic mass is 9.75. The van der Waals surface area contributed by atoms with Crippen LogP contribution in [-0.4, -0.2) is 80.7 Å². The van der Waals surface area contributed by atoms with E-state index >= 15 is 0 Å². The summed E-state index contributed by atoms with van der Waals surface area (Å²) < 4.78 is 8.35. The first kappa shape index (κ1) is 31.3. The van der Waals surface area contributed by atoms with E-state index in [1.54, 1.807) is 23.3 Å². The van der Waals surface area contributed by atoms with Crippen molar-refractivity contribution >= 4 is 17.6 Å². The Hall–Kier alpha value is -4.73. The van der Waals surface area contributed by atoms with E-state index in [0.717, 1.165) is 49.2 Å². The summed E-state index contributed by atoms with van der Waals surface area (Å²) in [6.45, 7) is 4.35. The number of aromatic nitrogens is 4. The van der Waals surface area contributed by atoms with E-state index < -0.39 is 0 Å². The highest BCUT2D eigenvalue weighted by Crippen LogP contribution is 2.38. The number of rotatable bonds is 6. The quantitative estimate of drug-likeness (QED) is 0.306. The minimum atomic E-state index is -0.109. The minimum absolute atomic E-state index is 0.0547. The van der Waals surface area contributed by atoms with Gasteiger partial charge in [-0.3, -0.25) is 19.3 Å². The van der Waals surface area contributed by atoms with Crippen LogP contribution in [-0.2, 0) is 24.8 Å². The van der Waals surface area contributed by atoms with Gasteiger partial charge in [0.2, 0.25) is 5.91 Å². The first-order valence-electron chi connectivity index (χ1n) is 16.3. The molecule has 0 N–H and O–H groups in total. The summed E-state index contributed by atoms with van der Waals surface area (Å²) in [5.74, 6) is 1.56. The smallest absolute Gasteiger partial charge is 0.257 e. The topological polar surface area (TPSA) is 96.7 Å². The van der Waals surface area contributed by atoms with Crippen molar-refractivity contribution in [2.45, 2.75) is 45.1 Å². The van der Waals surface area contributed by atoms with Crippen LogP contribution in [0.3, 0.4) is 0 Å². The molecule has 1 saturated heterocycles. The molecule has 2 aromatic heterocycles. The number of likely N-dealkylation sites (tertiary alicyclic amines) is 1. The van der Waals surface area contributed by atoms with Gasteiger partial charge in [0.1, 0.15) is 11.6 Å². The van der Waals surface area contributed by atoms with Gasteiger partial charge in [-0.05, 0) is 55.4 Å². The second-order valence-corrected chi connectivity index (χ2v) is 12.6. The Labute approximate surface area is 271 Å². The highest BCUT2D eigenvalue weighted by atomic mass is 16.5. The van der Waals surface area contributed by atoms with Crippen LogP contribution < -0.4 is 9.64 Å². The van der Waals surface area contributed by atoms with Crippen molar-refractivity contribution in [1.82, 2.24) is 29.5 Å². The van der Waals surface area contributed by atoms with Crippen molar-refractivity contribution in [2.75, 3.05) is 44.2 Å². The summed E-state index contributed by atoms with van der Waals surface area (Å²) in [6, 6.07) is 17.7. The molecule has 1 fully saturated rings. The fraction of sp³-hybridized carbons (Fsp3) is 0.417. The Morgan fingerprint density at radius 2 is 1.70 bits per heavy atom. The van der Waals surface area contributed by atoms with Crippen molar-refractivity contribution in [2.24, 2.45) is 12.5 Å².